The van der Waals surface area contributed by atoms with Gasteiger partial charge in [-0.3, -0.25) is 0 Å². The minimum Gasteiger partial charge on any atom is -0.229 e. The largest absolute Gasteiger partial charge is 0.229 e. The Hall–Kier alpha value is -0.740. The van der Waals surface area contributed by atoms with Crippen LogP contribution in [0.2, 0.25) is 0 Å². The first-order chi connectivity index (χ1) is 6.41. The molecule has 0 aliphatic rings. The van der Waals surface area contributed by atoms with Crippen molar-refractivity contribution in [1.29, 1.82) is 0 Å². The van der Waals surface area contributed by atoms with Gasteiger partial charge in [-0.2, -0.15) is 0 Å². The van der Waals surface area contributed by atoms with Gasteiger partial charge in [0, 0.05) is 11.5 Å². The maximum atomic E-state index is 11.6. The van der Waals surface area contributed by atoms with Gasteiger partial charge in [0.15, 0.2) is 9.84 Å². The predicted octanol–water partition coefficient (Wildman–Crippen LogP) is 2.15. The van der Waals surface area contributed by atoms with Crippen LogP contribution in [-0.4, -0.2) is 26.0 Å². The number of azide groups is 1. The first-order valence-electron chi connectivity index (χ1n) is 4.64. The van der Waals surface area contributed by atoms with Gasteiger partial charge < -0.3 is 0 Å². The first kappa shape index (κ1) is 13.3. The Balaban J connectivity index is 4.15. The molecule has 0 radical (unpaired) electrons. The summed E-state index contributed by atoms with van der Waals surface area (Å²) in [4.78, 5) is 2.57. The summed E-state index contributed by atoms with van der Waals surface area (Å²) >= 11 is 0. The maximum Gasteiger partial charge on any atom is 0.153 e. The normalized spacial score (nSPS) is 13.7. The number of rotatable bonds is 6. The highest BCUT2D eigenvalue weighted by atomic mass is 32.2. The lowest BCUT2D eigenvalue weighted by Crippen LogP contribution is -2.26. The average Bonchev–Trinajstić information content (AvgIpc) is 2.11. The molecule has 0 aromatic carbocycles. The van der Waals surface area contributed by atoms with Crippen molar-refractivity contribution in [3.05, 3.63) is 10.4 Å². The second-order valence-electron chi connectivity index (χ2n) is 3.62. The molecule has 0 bridgehead atoms. The van der Waals surface area contributed by atoms with E-state index in [0.717, 1.165) is 0 Å². The molecule has 0 rings (SSSR count). The van der Waals surface area contributed by atoms with Crippen LogP contribution in [0.15, 0.2) is 5.11 Å². The molecule has 6 heteroatoms. The SMILES string of the molecule is CC(C)C(C)S(=O)(=O)CCCN=[N+]=[N-]. The molecule has 0 saturated carbocycles. The minimum absolute atomic E-state index is 0.103. The van der Waals surface area contributed by atoms with Crippen molar-refractivity contribution < 1.29 is 8.42 Å². The van der Waals surface area contributed by atoms with Gasteiger partial charge in [-0.15, -0.1) is 0 Å². The van der Waals surface area contributed by atoms with Crippen molar-refractivity contribution in [3.8, 4) is 0 Å². The second kappa shape index (κ2) is 5.88. The van der Waals surface area contributed by atoms with Crippen molar-refractivity contribution in [2.24, 2.45) is 11.0 Å². The van der Waals surface area contributed by atoms with E-state index < -0.39 is 9.84 Å². The molecule has 0 heterocycles. The summed E-state index contributed by atoms with van der Waals surface area (Å²) in [5.41, 5.74) is 8.00. The highest BCUT2D eigenvalue weighted by Crippen LogP contribution is 2.13. The average molecular weight is 219 g/mol. The number of hydrogen-bond acceptors (Lipinski definition) is 3. The Bertz CT molecular complexity index is 305. The Morgan fingerprint density at radius 2 is 1.93 bits per heavy atom. The van der Waals surface area contributed by atoms with Gasteiger partial charge in [0.1, 0.15) is 0 Å². The fourth-order valence-corrected chi connectivity index (χ4v) is 2.71. The highest BCUT2D eigenvalue weighted by Gasteiger charge is 2.22. The molecule has 0 N–H and O–H groups in total. The summed E-state index contributed by atoms with van der Waals surface area (Å²) < 4.78 is 23.2. The fraction of sp³-hybridized carbons (Fsp3) is 1.00. The van der Waals surface area contributed by atoms with Crippen molar-refractivity contribution in [2.45, 2.75) is 32.4 Å². The molecule has 0 fully saturated rings. The van der Waals surface area contributed by atoms with E-state index in [-0.39, 0.29) is 23.5 Å². The predicted molar refractivity (Wildman–Crippen MR) is 56.7 cm³/mol. The number of hydrogen-bond donors (Lipinski definition) is 0. The summed E-state index contributed by atoms with van der Waals surface area (Å²) in [6, 6.07) is 0. The van der Waals surface area contributed by atoms with E-state index in [1.54, 1.807) is 6.92 Å². The highest BCUT2D eigenvalue weighted by molar-refractivity contribution is 7.92. The Kier molecular flexibility index (Phi) is 5.57. The molecule has 14 heavy (non-hydrogen) atoms. The summed E-state index contributed by atoms with van der Waals surface area (Å²) in [5, 5.41) is 2.97. The van der Waals surface area contributed by atoms with E-state index in [4.69, 9.17) is 5.53 Å². The molecule has 0 aromatic rings. The minimum atomic E-state index is -3.02. The van der Waals surface area contributed by atoms with Gasteiger partial charge in [-0.25, -0.2) is 8.42 Å². The Labute approximate surface area is 85.1 Å². The smallest absolute Gasteiger partial charge is 0.153 e. The van der Waals surface area contributed by atoms with Crippen LogP contribution in [0.5, 0.6) is 0 Å². The van der Waals surface area contributed by atoms with E-state index in [1.807, 2.05) is 13.8 Å². The van der Waals surface area contributed by atoms with E-state index in [9.17, 15) is 8.42 Å². The van der Waals surface area contributed by atoms with E-state index in [0.29, 0.717) is 6.42 Å². The summed E-state index contributed by atoms with van der Waals surface area (Å²) in [6.45, 7) is 5.74. The molecular formula is C8H17N3O2S. The van der Waals surface area contributed by atoms with Crippen LogP contribution in [0.4, 0.5) is 0 Å². The van der Waals surface area contributed by atoms with Crippen molar-refractivity contribution >= 4 is 9.84 Å². The maximum absolute atomic E-state index is 11.6. The van der Waals surface area contributed by atoms with Crippen LogP contribution >= 0.6 is 0 Å². The van der Waals surface area contributed by atoms with Gasteiger partial charge in [0.2, 0.25) is 0 Å². The quantitative estimate of drug-likeness (QED) is 0.297. The molecule has 1 unspecified atom stereocenters. The number of nitrogens with zero attached hydrogens (tertiary/aromatic N) is 3. The van der Waals surface area contributed by atoms with Crippen molar-refractivity contribution in [2.75, 3.05) is 12.3 Å². The van der Waals surface area contributed by atoms with Crippen LogP contribution in [-0.2, 0) is 9.84 Å². The fourth-order valence-electron chi connectivity index (χ4n) is 0.982. The Morgan fingerprint density at radius 3 is 2.36 bits per heavy atom. The second-order valence-corrected chi connectivity index (χ2v) is 6.10. The molecule has 82 valence electrons. The van der Waals surface area contributed by atoms with E-state index in [2.05, 4.69) is 10.0 Å². The van der Waals surface area contributed by atoms with Crippen LogP contribution in [0, 0.1) is 5.92 Å². The molecule has 5 nitrogen and oxygen atoms in total. The lowest BCUT2D eigenvalue weighted by atomic mass is 10.2. The molecular weight excluding hydrogens is 202 g/mol. The first-order valence-corrected chi connectivity index (χ1v) is 6.35. The number of sulfone groups is 1. The van der Waals surface area contributed by atoms with Crippen LogP contribution in [0.1, 0.15) is 27.2 Å². The lowest BCUT2D eigenvalue weighted by Gasteiger charge is -2.15. The zero-order chi connectivity index (χ0) is 11.2. The zero-order valence-electron chi connectivity index (χ0n) is 8.84. The third-order valence-corrected chi connectivity index (χ3v) is 4.79. The van der Waals surface area contributed by atoms with Crippen LogP contribution < -0.4 is 0 Å². The van der Waals surface area contributed by atoms with Gasteiger partial charge in [-0.05, 0) is 24.8 Å². The van der Waals surface area contributed by atoms with E-state index in [1.165, 1.54) is 0 Å². The van der Waals surface area contributed by atoms with Gasteiger partial charge >= 0.3 is 0 Å². The molecule has 1 atom stereocenters. The van der Waals surface area contributed by atoms with Crippen LogP contribution in [0.3, 0.4) is 0 Å². The lowest BCUT2D eigenvalue weighted by molar-refractivity contribution is 0.544. The third kappa shape index (κ3) is 4.48. The summed E-state index contributed by atoms with van der Waals surface area (Å²) in [5.74, 6) is 0.227. The van der Waals surface area contributed by atoms with Crippen molar-refractivity contribution in [1.82, 2.24) is 0 Å². The van der Waals surface area contributed by atoms with Crippen molar-refractivity contribution in [3.63, 3.8) is 0 Å². The zero-order valence-corrected chi connectivity index (χ0v) is 9.66. The Morgan fingerprint density at radius 1 is 1.36 bits per heavy atom. The third-order valence-electron chi connectivity index (χ3n) is 2.26. The molecule has 0 spiro atoms. The standard InChI is InChI=1S/C8H17N3O2S/c1-7(2)8(3)14(12,13)6-4-5-10-11-9/h7-8H,4-6H2,1-3H3. The van der Waals surface area contributed by atoms with Crippen LogP contribution in [0.25, 0.3) is 10.4 Å². The van der Waals surface area contributed by atoms with Gasteiger partial charge in [-0.1, -0.05) is 19.0 Å². The molecule has 0 aliphatic carbocycles. The summed E-state index contributed by atoms with van der Waals surface area (Å²) in [6.07, 6.45) is 0.406. The monoisotopic (exact) mass is 219 g/mol. The molecule has 0 amide bonds. The van der Waals surface area contributed by atoms with E-state index >= 15 is 0 Å². The molecule has 0 saturated heterocycles. The molecule has 0 aliphatic heterocycles. The van der Waals surface area contributed by atoms with Gasteiger partial charge in [0.05, 0.1) is 11.0 Å². The topological polar surface area (TPSA) is 82.9 Å². The van der Waals surface area contributed by atoms with Gasteiger partial charge in [0.25, 0.3) is 0 Å². The summed E-state index contributed by atoms with van der Waals surface area (Å²) in [7, 11) is -3.02. The molecule has 0 aromatic heterocycles.